The van der Waals surface area contributed by atoms with E-state index in [4.69, 9.17) is 0 Å². The van der Waals surface area contributed by atoms with E-state index in [9.17, 15) is 23.1 Å². The molecule has 25 heavy (non-hydrogen) atoms. The number of pyridine rings is 1. The number of hydrogen-bond donors (Lipinski definition) is 1. The van der Waals surface area contributed by atoms with Crippen molar-refractivity contribution in [3.63, 3.8) is 0 Å². The van der Waals surface area contributed by atoms with Gasteiger partial charge in [0, 0.05) is 6.20 Å². The van der Waals surface area contributed by atoms with Crippen molar-refractivity contribution in [2.24, 2.45) is 0 Å². The first-order chi connectivity index (χ1) is 11.9. The molecule has 0 unspecified atom stereocenters. The molecule has 1 aromatic heterocycles. The molecule has 3 rings (SSSR count). The number of carboxylic acid groups (broad SMARTS) is 1. The maximum Gasteiger partial charge on any atom is 0.352 e. The van der Waals surface area contributed by atoms with Crippen LogP contribution in [0.15, 0.2) is 66.0 Å². The summed E-state index contributed by atoms with van der Waals surface area (Å²) in [5.74, 6) is -2.47. The van der Waals surface area contributed by atoms with E-state index in [1.807, 2.05) is 0 Å². The van der Waals surface area contributed by atoms with Crippen LogP contribution in [-0.4, -0.2) is 46.4 Å². The first kappa shape index (κ1) is 16.8. The highest BCUT2D eigenvalue weighted by molar-refractivity contribution is 7.92. The second-order valence-electron chi connectivity index (χ2n) is 5.46. The molecule has 7 nitrogen and oxygen atoms in total. The molecule has 0 bridgehead atoms. The molecule has 0 aromatic carbocycles. The molecular formula is C17H14N2O5S. The van der Waals surface area contributed by atoms with E-state index in [-0.39, 0.29) is 16.8 Å². The Hall–Kier alpha value is -3.00. The molecule has 8 heteroatoms. The van der Waals surface area contributed by atoms with Gasteiger partial charge in [0.25, 0.3) is 5.91 Å². The van der Waals surface area contributed by atoms with Gasteiger partial charge in [-0.2, -0.15) is 0 Å². The summed E-state index contributed by atoms with van der Waals surface area (Å²) < 4.78 is 25.2. The van der Waals surface area contributed by atoms with Crippen LogP contribution in [0.5, 0.6) is 0 Å². The summed E-state index contributed by atoms with van der Waals surface area (Å²) in [6.45, 7) is 3.47. The first-order valence-corrected chi connectivity index (χ1v) is 9.01. The summed E-state index contributed by atoms with van der Waals surface area (Å²) in [5, 5.41) is 8.16. The van der Waals surface area contributed by atoms with Gasteiger partial charge >= 0.3 is 5.97 Å². The van der Waals surface area contributed by atoms with Gasteiger partial charge in [0.2, 0.25) is 0 Å². The number of sulfone groups is 1. The number of carbonyl (C=O) groups excluding carboxylic acids is 1. The number of rotatable bonds is 4. The van der Waals surface area contributed by atoms with E-state index < -0.39 is 32.8 Å². The van der Waals surface area contributed by atoms with E-state index in [1.54, 1.807) is 18.2 Å². The van der Waals surface area contributed by atoms with Crippen LogP contribution in [0.2, 0.25) is 0 Å². The second-order valence-corrected chi connectivity index (χ2v) is 7.52. The summed E-state index contributed by atoms with van der Waals surface area (Å²) in [6, 6.07) is 5.03. The van der Waals surface area contributed by atoms with Gasteiger partial charge in [-0.3, -0.25) is 14.7 Å². The Kier molecular flexibility index (Phi) is 4.13. The summed E-state index contributed by atoms with van der Waals surface area (Å²) >= 11 is 0. The normalized spacial score (nSPS) is 23.5. The lowest BCUT2D eigenvalue weighted by molar-refractivity contribution is -0.141. The molecule has 2 aliphatic rings. The van der Waals surface area contributed by atoms with Gasteiger partial charge in [-0.25, -0.2) is 13.2 Å². The number of allylic oxidation sites excluding steroid dienone is 3. The molecule has 1 atom stereocenters. The molecule has 3 heterocycles. The number of hydrogen-bond acceptors (Lipinski definition) is 5. The SMILES string of the molecule is C=C/C=C/C1=C(C(=O)O)N2C(=O)/C(=C/c3ccccn3)[C@H]2S(=O)(=O)C1. The number of aliphatic carboxylic acids is 1. The Labute approximate surface area is 144 Å². The molecule has 0 spiro atoms. The van der Waals surface area contributed by atoms with Crippen LogP contribution in [0.4, 0.5) is 0 Å². The molecule has 1 aromatic rings. The number of aromatic nitrogens is 1. The van der Waals surface area contributed by atoms with E-state index in [2.05, 4.69) is 11.6 Å². The van der Waals surface area contributed by atoms with E-state index >= 15 is 0 Å². The average molecular weight is 358 g/mol. The van der Waals surface area contributed by atoms with Crippen LogP contribution in [0.25, 0.3) is 6.08 Å². The van der Waals surface area contributed by atoms with E-state index in [1.165, 1.54) is 30.5 Å². The fraction of sp³-hybridized carbons (Fsp3) is 0.118. The van der Waals surface area contributed by atoms with Crippen molar-refractivity contribution in [2.45, 2.75) is 5.37 Å². The maximum atomic E-state index is 12.6. The van der Waals surface area contributed by atoms with Crippen molar-refractivity contribution < 1.29 is 23.1 Å². The number of nitrogens with zero attached hydrogens (tertiary/aromatic N) is 2. The zero-order valence-electron chi connectivity index (χ0n) is 13.0. The van der Waals surface area contributed by atoms with Crippen LogP contribution in [0.1, 0.15) is 5.69 Å². The molecule has 1 saturated heterocycles. The number of amides is 1. The van der Waals surface area contributed by atoms with Gasteiger partial charge in [0.15, 0.2) is 15.2 Å². The monoisotopic (exact) mass is 358 g/mol. The third kappa shape index (κ3) is 2.80. The minimum atomic E-state index is -3.77. The van der Waals surface area contributed by atoms with Gasteiger partial charge in [-0.15, -0.1) is 0 Å². The Bertz CT molecular complexity index is 958. The summed E-state index contributed by atoms with van der Waals surface area (Å²) in [5.41, 5.74) is 0.179. The third-order valence-corrected chi connectivity index (χ3v) is 5.69. The Balaban J connectivity index is 2.11. The predicted octanol–water partition coefficient (Wildman–Crippen LogP) is 1.14. The first-order valence-electron chi connectivity index (χ1n) is 7.30. The minimum absolute atomic E-state index is 0.0178. The van der Waals surface area contributed by atoms with Crippen LogP contribution >= 0.6 is 0 Å². The Morgan fingerprint density at radius 2 is 2.16 bits per heavy atom. The smallest absolute Gasteiger partial charge is 0.352 e. The predicted molar refractivity (Wildman–Crippen MR) is 90.6 cm³/mol. The lowest BCUT2D eigenvalue weighted by Gasteiger charge is -2.45. The fourth-order valence-corrected chi connectivity index (χ4v) is 4.72. The summed E-state index contributed by atoms with van der Waals surface area (Å²) in [4.78, 5) is 28.9. The van der Waals surface area contributed by atoms with Gasteiger partial charge in [0.05, 0.1) is 17.0 Å². The van der Waals surface area contributed by atoms with Crippen molar-refractivity contribution >= 4 is 27.8 Å². The highest BCUT2D eigenvalue weighted by Gasteiger charge is 2.56. The fourth-order valence-electron chi connectivity index (χ4n) is 2.82. The molecule has 0 saturated carbocycles. The van der Waals surface area contributed by atoms with Crippen molar-refractivity contribution in [3.05, 3.63) is 71.7 Å². The molecule has 2 aliphatic heterocycles. The van der Waals surface area contributed by atoms with Crippen LogP contribution in [0.3, 0.4) is 0 Å². The zero-order valence-corrected chi connectivity index (χ0v) is 13.8. The summed E-state index contributed by atoms with van der Waals surface area (Å²) in [6.07, 6.45) is 7.07. The molecule has 128 valence electrons. The zero-order chi connectivity index (χ0) is 18.2. The molecule has 0 aliphatic carbocycles. The largest absolute Gasteiger partial charge is 0.477 e. The van der Waals surface area contributed by atoms with E-state index in [0.29, 0.717) is 5.69 Å². The highest BCUT2D eigenvalue weighted by Crippen LogP contribution is 2.41. The highest BCUT2D eigenvalue weighted by atomic mass is 32.2. The lowest BCUT2D eigenvalue weighted by atomic mass is 10.0. The molecule has 1 N–H and O–H groups in total. The lowest BCUT2D eigenvalue weighted by Crippen LogP contribution is -2.62. The quantitative estimate of drug-likeness (QED) is 0.492. The number of fused-ring (bicyclic) bond motifs is 1. The van der Waals surface area contributed by atoms with Crippen molar-refractivity contribution in [2.75, 3.05) is 5.75 Å². The third-order valence-electron chi connectivity index (χ3n) is 3.84. The summed E-state index contributed by atoms with van der Waals surface area (Å²) in [7, 11) is -3.77. The van der Waals surface area contributed by atoms with Crippen molar-refractivity contribution in [3.8, 4) is 0 Å². The number of β-lactam (4-membered cyclic amide) rings is 1. The molecule has 1 amide bonds. The number of carbonyl (C=O) groups is 2. The van der Waals surface area contributed by atoms with E-state index in [0.717, 1.165) is 4.90 Å². The molecule has 0 radical (unpaired) electrons. The Morgan fingerprint density at radius 3 is 2.76 bits per heavy atom. The van der Waals surface area contributed by atoms with Crippen LogP contribution < -0.4 is 0 Å². The average Bonchev–Trinajstić information content (AvgIpc) is 2.57. The van der Waals surface area contributed by atoms with Crippen molar-refractivity contribution in [1.82, 2.24) is 9.88 Å². The molecular weight excluding hydrogens is 344 g/mol. The minimum Gasteiger partial charge on any atom is -0.477 e. The second kappa shape index (κ2) is 6.14. The van der Waals surface area contributed by atoms with Gasteiger partial charge in [0.1, 0.15) is 5.70 Å². The Morgan fingerprint density at radius 1 is 1.40 bits per heavy atom. The number of carboxylic acids is 1. The van der Waals surface area contributed by atoms with Gasteiger partial charge in [-0.1, -0.05) is 30.9 Å². The molecule has 1 fully saturated rings. The maximum absolute atomic E-state index is 12.6. The van der Waals surface area contributed by atoms with Gasteiger partial charge < -0.3 is 5.11 Å². The standard InChI is InChI=1S/C17H14N2O5S/c1-2-3-6-11-10-25(23,24)16-13(9-12-7-4-5-8-18-12)15(20)19(16)14(11)17(21)22/h2-9,16H,1,10H2,(H,21,22)/b6-3+,13-9-/t16-/m1/s1. The van der Waals surface area contributed by atoms with Crippen LogP contribution in [0, 0.1) is 0 Å². The van der Waals surface area contributed by atoms with Crippen molar-refractivity contribution in [1.29, 1.82) is 0 Å². The van der Waals surface area contributed by atoms with Gasteiger partial charge in [-0.05, 0) is 23.8 Å². The van der Waals surface area contributed by atoms with Crippen LogP contribution in [-0.2, 0) is 19.4 Å². The topological polar surface area (TPSA) is 105 Å².